The first-order valence-corrected chi connectivity index (χ1v) is 20.8. The SMILES string of the molecule is c1ccc(-c2cc(-c3ccccc3)nc(-n3c4ccccc4c4cc(-n5c6ccccc6c6c7c8ccccc8n(-c8ccc9ccccc9c8)c7ccc65)ccc43)n2)cc1. The monoisotopic (exact) mass is 777 g/mol. The van der Waals surface area contributed by atoms with E-state index in [9.17, 15) is 0 Å². The van der Waals surface area contributed by atoms with Crippen LogP contribution in [0.3, 0.4) is 0 Å². The first kappa shape index (κ1) is 33.7. The number of aromatic nitrogens is 5. The van der Waals surface area contributed by atoms with Crippen LogP contribution in [0.15, 0.2) is 212 Å². The standard InChI is InChI=1S/C56H35N5/c1-3-16-37(17-4-1)46-35-47(38-18-5-2-6-19-38)58-56(57-46)61-48-24-12-9-21-42(48)45-34-41(29-30-51(45)61)60-50-26-14-11-23-44(50)55-53(60)32-31-52-54(55)43-22-10-13-25-49(43)59(52)40-28-27-36-15-7-8-20-39(36)33-40/h1-35H. The van der Waals surface area contributed by atoms with Gasteiger partial charge in [0.25, 0.3) is 0 Å². The molecule has 0 aliphatic heterocycles. The molecule has 0 N–H and O–H groups in total. The Bertz CT molecular complexity index is 3810. The normalized spacial score (nSPS) is 11.9. The van der Waals surface area contributed by atoms with Crippen molar-refractivity contribution in [3.05, 3.63) is 212 Å². The van der Waals surface area contributed by atoms with Crippen LogP contribution >= 0.6 is 0 Å². The Hall–Kier alpha value is -8.28. The Morgan fingerprint density at radius 3 is 1.33 bits per heavy atom. The molecule has 0 fully saturated rings. The Labute approximate surface area is 350 Å². The third-order valence-corrected chi connectivity index (χ3v) is 12.4. The molecule has 4 heterocycles. The molecule has 5 heteroatoms. The second-order valence-corrected chi connectivity index (χ2v) is 15.8. The van der Waals surface area contributed by atoms with Gasteiger partial charge in [-0.25, -0.2) is 9.97 Å². The van der Waals surface area contributed by atoms with Gasteiger partial charge in [-0.15, -0.1) is 0 Å². The molecule has 0 aliphatic carbocycles. The summed E-state index contributed by atoms with van der Waals surface area (Å²) < 4.78 is 7.10. The predicted molar refractivity (Wildman–Crippen MR) is 253 cm³/mol. The maximum atomic E-state index is 5.26. The van der Waals surface area contributed by atoms with Crippen LogP contribution in [0.5, 0.6) is 0 Å². The third kappa shape index (κ3) is 5.08. The van der Waals surface area contributed by atoms with Gasteiger partial charge in [-0.2, -0.15) is 0 Å². The minimum atomic E-state index is 0.640. The molecular formula is C56H35N5. The van der Waals surface area contributed by atoms with Crippen LogP contribution in [-0.2, 0) is 0 Å². The minimum Gasteiger partial charge on any atom is -0.309 e. The van der Waals surface area contributed by atoms with Crippen molar-refractivity contribution in [2.24, 2.45) is 0 Å². The summed E-state index contributed by atoms with van der Waals surface area (Å²) in [6, 6.07) is 76.0. The van der Waals surface area contributed by atoms with E-state index < -0.39 is 0 Å². The van der Waals surface area contributed by atoms with E-state index in [0.29, 0.717) is 5.95 Å². The Balaban J connectivity index is 1.06. The van der Waals surface area contributed by atoms with Crippen molar-refractivity contribution in [3.63, 3.8) is 0 Å². The molecular weight excluding hydrogens is 743 g/mol. The lowest BCUT2D eigenvalue weighted by Crippen LogP contribution is -2.04. The van der Waals surface area contributed by atoms with Crippen molar-refractivity contribution >= 4 is 76.2 Å². The van der Waals surface area contributed by atoms with Crippen molar-refractivity contribution in [3.8, 4) is 39.8 Å². The van der Waals surface area contributed by atoms with Crippen LogP contribution in [-0.4, -0.2) is 23.7 Å². The molecule has 0 atom stereocenters. The first-order chi connectivity index (χ1) is 30.3. The lowest BCUT2D eigenvalue weighted by atomic mass is 10.1. The fraction of sp³-hybridized carbons (Fsp3) is 0. The highest BCUT2D eigenvalue weighted by atomic mass is 15.2. The topological polar surface area (TPSA) is 40.6 Å². The lowest BCUT2D eigenvalue weighted by Gasteiger charge is -2.12. The molecule has 13 rings (SSSR count). The molecule has 0 amide bonds. The molecule has 13 aromatic rings. The average Bonchev–Trinajstić information content (AvgIpc) is 3.97. The highest BCUT2D eigenvalue weighted by molar-refractivity contribution is 6.29. The van der Waals surface area contributed by atoms with Crippen molar-refractivity contribution in [1.29, 1.82) is 0 Å². The average molecular weight is 778 g/mol. The van der Waals surface area contributed by atoms with Crippen LogP contribution in [0.25, 0.3) is 116 Å². The van der Waals surface area contributed by atoms with E-state index in [2.05, 4.69) is 214 Å². The van der Waals surface area contributed by atoms with Crippen molar-refractivity contribution in [2.45, 2.75) is 0 Å². The molecule has 0 saturated carbocycles. The second kappa shape index (κ2) is 13.1. The van der Waals surface area contributed by atoms with E-state index in [-0.39, 0.29) is 0 Å². The summed E-state index contributed by atoms with van der Waals surface area (Å²) in [5, 5.41) is 9.75. The van der Waals surface area contributed by atoms with E-state index >= 15 is 0 Å². The van der Waals surface area contributed by atoms with E-state index in [1.54, 1.807) is 0 Å². The van der Waals surface area contributed by atoms with Gasteiger partial charge in [-0.05, 0) is 77.5 Å². The van der Waals surface area contributed by atoms with Gasteiger partial charge in [0.05, 0.1) is 44.5 Å². The van der Waals surface area contributed by atoms with E-state index in [4.69, 9.17) is 9.97 Å². The van der Waals surface area contributed by atoms with Crippen molar-refractivity contribution in [1.82, 2.24) is 23.7 Å². The molecule has 5 nitrogen and oxygen atoms in total. The molecule has 4 aromatic heterocycles. The summed E-state index contributed by atoms with van der Waals surface area (Å²) in [6.07, 6.45) is 0. The maximum Gasteiger partial charge on any atom is 0.235 e. The predicted octanol–water partition coefficient (Wildman–Crippen LogP) is 14.3. The van der Waals surface area contributed by atoms with Gasteiger partial charge in [0.1, 0.15) is 0 Å². The van der Waals surface area contributed by atoms with E-state index in [0.717, 1.165) is 55.7 Å². The zero-order valence-corrected chi connectivity index (χ0v) is 32.9. The molecule has 0 unspecified atom stereocenters. The summed E-state index contributed by atoms with van der Waals surface area (Å²) in [4.78, 5) is 10.5. The van der Waals surface area contributed by atoms with Gasteiger partial charge in [0.15, 0.2) is 0 Å². The molecule has 0 aliphatic rings. The van der Waals surface area contributed by atoms with Crippen LogP contribution in [0.4, 0.5) is 0 Å². The summed E-state index contributed by atoms with van der Waals surface area (Å²) in [5.41, 5.74) is 13.0. The fourth-order valence-corrected chi connectivity index (χ4v) is 9.75. The number of nitrogens with zero attached hydrogens (tertiary/aromatic N) is 5. The van der Waals surface area contributed by atoms with Gasteiger partial charge in [-0.3, -0.25) is 4.57 Å². The Kier molecular flexibility index (Phi) is 7.24. The first-order valence-electron chi connectivity index (χ1n) is 20.8. The van der Waals surface area contributed by atoms with Gasteiger partial charge in [-0.1, -0.05) is 146 Å². The molecule has 9 aromatic carbocycles. The van der Waals surface area contributed by atoms with Gasteiger partial charge < -0.3 is 9.13 Å². The molecule has 0 radical (unpaired) electrons. The minimum absolute atomic E-state index is 0.640. The number of hydrogen-bond donors (Lipinski definition) is 0. The highest BCUT2D eigenvalue weighted by Crippen LogP contribution is 2.43. The van der Waals surface area contributed by atoms with Crippen molar-refractivity contribution < 1.29 is 0 Å². The molecule has 0 spiro atoms. The van der Waals surface area contributed by atoms with Crippen LogP contribution in [0.1, 0.15) is 0 Å². The van der Waals surface area contributed by atoms with Crippen molar-refractivity contribution in [2.75, 3.05) is 0 Å². The zero-order valence-electron chi connectivity index (χ0n) is 32.9. The number of benzene rings is 9. The van der Waals surface area contributed by atoms with Crippen LogP contribution in [0.2, 0.25) is 0 Å². The summed E-state index contributed by atoms with van der Waals surface area (Å²) in [7, 11) is 0. The number of para-hydroxylation sites is 3. The Morgan fingerprint density at radius 1 is 0.279 bits per heavy atom. The molecule has 61 heavy (non-hydrogen) atoms. The smallest absolute Gasteiger partial charge is 0.235 e. The quantitative estimate of drug-likeness (QED) is 0.175. The molecule has 0 bridgehead atoms. The Morgan fingerprint density at radius 2 is 0.721 bits per heavy atom. The number of hydrogen-bond acceptors (Lipinski definition) is 2. The lowest BCUT2D eigenvalue weighted by molar-refractivity contribution is 0.995. The summed E-state index contributed by atoms with van der Waals surface area (Å²) in [5.74, 6) is 0.640. The van der Waals surface area contributed by atoms with Gasteiger partial charge in [0, 0.05) is 54.8 Å². The highest BCUT2D eigenvalue weighted by Gasteiger charge is 2.22. The largest absolute Gasteiger partial charge is 0.309 e. The third-order valence-electron chi connectivity index (χ3n) is 12.4. The summed E-state index contributed by atoms with van der Waals surface area (Å²) >= 11 is 0. The molecule has 0 saturated heterocycles. The van der Waals surface area contributed by atoms with Gasteiger partial charge >= 0.3 is 0 Å². The number of fused-ring (bicyclic) bond motifs is 11. The number of rotatable bonds is 5. The van der Waals surface area contributed by atoms with E-state index in [1.165, 1.54) is 54.4 Å². The molecule has 284 valence electrons. The summed E-state index contributed by atoms with van der Waals surface area (Å²) in [6.45, 7) is 0. The zero-order chi connectivity index (χ0) is 40.0. The van der Waals surface area contributed by atoms with Crippen LogP contribution in [0, 0.1) is 0 Å². The van der Waals surface area contributed by atoms with Gasteiger partial charge in [0.2, 0.25) is 5.95 Å². The van der Waals surface area contributed by atoms with E-state index in [1.807, 2.05) is 12.1 Å². The fourth-order valence-electron chi connectivity index (χ4n) is 9.75. The maximum absolute atomic E-state index is 5.26. The second-order valence-electron chi connectivity index (χ2n) is 15.8. The van der Waals surface area contributed by atoms with Crippen LogP contribution < -0.4 is 0 Å².